The summed E-state index contributed by atoms with van der Waals surface area (Å²) in [4.78, 5) is 15.5. The molecule has 1 aromatic heterocycles. The third-order valence-corrected chi connectivity index (χ3v) is 3.48. The molecule has 0 bridgehead atoms. The summed E-state index contributed by atoms with van der Waals surface area (Å²) in [7, 11) is 0. The van der Waals surface area contributed by atoms with Gasteiger partial charge in [0, 0.05) is 17.8 Å². The number of nitrogens with zero attached hydrogens (tertiary/aromatic N) is 1. The smallest absolute Gasteiger partial charge is 0.303 e. The molecule has 1 unspecified atom stereocenters. The molecule has 1 aromatic carbocycles. The van der Waals surface area contributed by atoms with Gasteiger partial charge in [0.2, 0.25) is 0 Å². The average molecular weight is 269 g/mol. The zero-order valence-electron chi connectivity index (χ0n) is 11.8. The molecule has 0 fully saturated rings. The van der Waals surface area contributed by atoms with Crippen LogP contribution in [0.3, 0.4) is 0 Å². The van der Waals surface area contributed by atoms with Crippen LogP contribution in [0.4, 0.5) is 0 Å². The van der Waals surface area contributed by atoms with Gasteiger partial charge in [-0.2, -0.15) is 0 Å². The second-order valence-electron chi connectivity index (χ2n) is 5.18. The summed E-state index contributed by atoms with van der Waals surface area (Å²) in [6.45, 7) is 4.06. The molecule has 0 spiro atoms. The molecule has 20 heavy (non-hydrogen) atoms. The number of pyridine rings is 1. The summed E-state index contributed by atoms with van der Waals surface area (Å²) in [5.41, 5.74) is 4.33. The first-order chi connectivity index (χ1) is 9.56. The van der Waals surface area contributed by atoms with E-state index in [1.165, 1.54) is 0 Å². The van der Waals surface area contributed by atoms with Gasteiger partial charge in [-0.05, 0) is 43.5 Å². The molecule has 2 aromatic rings. The van der Waals surface area contributed by atoms with Crippen molar-refractivity contribution < 1.29 is 9.90 Å². The maximum absolute atomic E-state index is 11.1. The number of aryl methyl sites for hydroxylation is 2. The van der Waals surface area contributed by atoms with Crippen molar-refractivity contribution in [3.05, 3.63) is 65.0 Å². The van der Waals surface area contributed by atoms with Crippen molar-refractivity contribution in [2.75, 3.05) is 0 Å². The lowest BCUT2D eigenvalue weighted by molar-refractivity contribution is -0.137. The fraction of sp³-hybridized carbons (Fsp3) is 0.294. The van der Waals surface area contributed by atoms with Crippen LogP contribution in [0.25, 0.3) is 0 Å². The Hall–Kier alpha value is -2.16. The molecular formula is C17H19NO2. The largest absolute Gasteiger partial charge is 0.481 e. The van der Waals surface area contributed by atoms with E-state index in [1.807, 2.05) is 32.0 Å². The number of carboxylic acids is 1. The first kappa shape index (κ1) is 14.3. The number of rotatable bonds is 5. The van der Waals surface area contributed by atoms with E-state index in [0.29, 0.717) is 6.42 Å². The van der Waals surface area contributed by atoms with E-state index in [0.717, 1.165) is 22.4 Å². The van der Waals surface area contributed by atoms with Crippen molar-refractivity contribution in [3.8, 4) is 0 Å². The number of carbonyl (C=O) groups is 1. The number of aliphatic carboxylic acids is 1. The van der Waals surface area contributed by atoms with Gasteiger partial charge in [0.1, 0.15) is 0 Å². The molecular weight excluding hydrogens is 250 g/mol. The fourth-order valence-electron chi connectivity index (χ4n) is 2.47. The van der Waals surface area contributed by atoms with E-state index in [9.17, 15) is 4.79 Å². The highest BCUT2D eigenvalue weighted by Crippen LogP contribution is 2.27. The van der Waals surface area contributed by atoms with Crippen molar-refractivity contribution in [2.45, 2.75) is 32.6 Å². The Bertz CT molecular complexity index is 593. The summed E-state index contributed by atoms with van der Waals surface area (Å²) >= 11 is 0. The monoisotopic (exact) mass is 269 g/mol. The third kappa shape index (κ3) is 3.67. The van der Waals surface area contributed by atoms with E-state index in [-0.39, 0.29) is 12.3 Å². The van der Waals surface area contributed by atoms with Gasteiger partial charge in [-0.25, -0.2) is 0 Å². The molecule has 0 aliphatic carbocycles. The van der Waals surface area contributed by atoms with E-state index in [1.54, 1.807) is 6.20 Å². The Morgan fingerprint density at radius 2 is 2.05 bits per heavy atom. The van der Waals surface area contributed by atoms with Gasteiger partial charge in [-0.3, -0.25) is 9.78 Å². The molecule has 1 N–H and O–H groups in total. The van der Waals surface area contributed by atoms with Gasteiger partial charge in [-0.15, -0.1) is 0 Å². The van der Waals surface area contributed by atoms with E-state index >= 15 is 0 Å². The van der Waals surface area contributed by atoms with Crippen molar-refractivity contribution in [1.82, 2.24) is 4.98 Å². The second-order valence-corrected chi connectivity index (χ2v) is 5.18. The highest BCUT2D eigenvalue weighted by Gasteiger charge is 2.18. The van der Waals surface area contributed by atoms with Crippen LogP contribution in [-0.4, -0.2) is 16.1 Å². The summed E-state index contributed by atoms with van der Waals surface area (Å²) in [6.07, 6.45) is 2.52. The maximum atomic E-state index is 11.1. The summed E-state index contributed by atoms with van der Waals surface area (Å²) < 4.78 is 0. The molecule has 104 valence electrons. The first-order valence-electron chi connectivity index (χ1n) is 6.75. The molecule has 1 atom stereocenters. The van der Waals surface area contributed by atoms with Gasteiger partial charge < -0.3 is 5.11 Å². The zero-order chi connectivity index (χ0) is 14.5. The average Bonchev–Trinajstić information content (AvgIpc) is 2.41. The Morgan fingerprint density at radius 1 is 1.25 bits per heavy atom. The molecule has 0 aliphatic rings. The molecule has 0 radical (unpaired) electrons. The van der Waals surface area contributed by atoms with E-state index < -0.39 is 5.97 Å². The van der Waals surface area contributed by atoms with Crippen molar-refractivity contribution in [2.24, 2.45) is 0 Å². The summed E-state index contributed by atoms with van der Waals surface area (Å²) in [5, 5.41) is 9.16. The quantitative estimate of drug-likeness (QED) is 0.903. The fourth-order valence-corrected chi connectivity index (χ4v) is 2.47. The highest BCUT2D eigenvalue weighted by atomic mass is 16.4. The van der Waals surface area contributed by atoms with Gasteiger partial charge in [0.25, 0.3) is 0 Å². The van der Waals surface area contributed by atoms with Crippen LogP contribution in [0.15, 0.2) is 42.6 Å². The van der Waals surface area contributed by atoms with Crippen LogP contribution < -0.4 is 0 Å². The van der Waals surface area contributed by atoms with Gasteiger partial charge in [-0.1, -0.05) is 29.8 Å². The van der Waals surface area contributed by atoms with Crippen LogP contribution in [0, 0.1) is 13.8 Å². The topological polar surface area (TPSA) is 50.2 Å². The Labute approximate surface area is 119 Å². The van der Waals surface area contributed by atoms with Gasteiger partial charge >= 0.3 is 5.97 Å². The predicted molar refractivity (Wildman–Crippen MR) is 78.9 cm³/mol. The Morgan fingerprint density at radius 3 is 2.70 bits per heavy atom. The molecule has 0 amide bonds. The Balaban J connectivity index is 2.32. The number of aromatic nitrogens is 1. The lowest BCUT2D eigenvalue weighted by Crippen LogP contribution is -2.11. The molecule has 3 nitrogen and oxygen atoms in total. The first-order valence-corrected chi connectivity index (χ1v) is 6.75. The number of benzene rings is 1. The van der Waals surface area contributed by atoms with Crippen LogP contribution in [0.5, 0.6) is 0 Å². The van der Waals surface area contributed by atoms with Crippen LogP contribution in [-0.2, 0) is 11.2 Å². The lowest BCUT2D eigenvalue weighted by atomic mass is 9.87. The second kappa shape index (κ2) is 6.33. The molecule has 0 aliphatic heterocycles. The van der Waals surface area contributed by atoms with Crippen molar-refractivity contribution >= 4 is 5.97 Å². The van der Waals surface area contributed by atoms with E-state index in [4.69, 9.17) is 5.11 Å². The third-order valence-electron chi connectivity index (χ3n) is 3.48. The minimum Gasteiger partial charge on any atom is -0.481 e. The number of carboxylic acid groups (broad SMARTS) is 1. The minimum atomic E-state index is -0.771. The molecule has 0 saturated carbocycles. The predicted octanol–water partition coefficient (Wildman–Crippen LogP) is 3.50. The van der Waals surface area contributed by atoms with Gasteiger partial charge in [0.05, 0.1) is 6.42 Å². The number of hydrogen-bond donors (Lipinski definition) is 1. The van der Waals surface area contributed by atoms with Crippen molar-refractivity contribution in [1.29, 1.82) is 0 Å². The normalized spacial score (nSPS) is 12.1. The SMILES string of the molecule is Cc1ccc(C)c(C(CC(=O)O)Cc2ccccn2)c1. The van der Waals surface area contributed by atoms with Crippen LogP contribution >= 0.6 is 0 Å². The standard InChI is InChI=1S/C17H19NO2/c1-12-6-7-13(2)16(9-12)14(11-17(19)20)10-15-5-3-4-8-18-15/h3-9,14H,10-11H2,1-2H3,(H,19,20). The Kier molecular flexibility index (Phi) is 4.51. The summed E-state index contributed by atoms with van der Waals surface area (Å²) in [6, 6.07) is 11.9. The maximum Gasteiger partial charge on any atom is 0.303 e. The zero-order valence-corrected chi connectivity index (χ0v) is 11.8. The van der Waals surface area contributed by atoms with Crippen LogP contribution in [0.2, 0.25) is 0 Å². The molecule has 1 heterocycles. The van der Waals surface area contributed by atoms with E-state index in [2.05, 4.69) is 23.2 Å². The minimum absolute atomic E-state index is 0.0395. The lowest BCUT2D eigenvalue weighted by Gasteiger charge is -2.18. The molecule has 2 rings (SSSR count). The van der Waals surface area contributed by atoms with Crippen LogP contribution in [0.1, 0.15) is 34.7 Å². The molecule has 0 saturated heterocycles. The summed E-state index contributed by atoms with van der Waals surface area (Å²) in [5.74, 6) is -0.811. The van der Waals surface area contributed by atoms with Gasteiger partial charge in [0.15, 0.2) is 0 Å². The molecule has 3 heteroatoms. The van der Waals surface area contributed by atoms with Crippen molar-refractivity contribution in [3.63, 3.8) is 0 Å². The highest BCUT2D eigenvalue weighted by molar-refractivity contribution is 5.68. The number of hydrogen-bond acceptors (Lipinski definition) is 2.